The van der Waals surface area contributed by atoms with Gasteiger partial charge in [0.25, 0.3) is 11.8 Å². The van der Waals surface area contributed by atoms with Crippen LogP contribution in [0.4, 0.5) is 0 Å². The Morgan fingerprint density at radius 1 is 1.08 bits per heavy atom. The molecule has 0 spiro atoms. The van der Waals surface area contributed by atoms with Gasteiger partial charge < -0.3 is 14.4 Å². The minimum absolute atomic E-state index is 0.0331. The van der Waals surface area contributed by atoms with E-state index < -0.39 is 23.7 Å². The maximum absolute atomic E-state index is 12.6. The third kappa shape index (κ3) is 4.45. The Morgan fingerprint density at radius 3 is 2.23 bits per heavy atom. The smallest absolute Gasteiger partial charge is 0.307 e. The Labute approximate surface area is 151 Å². The summed E-state index contributed by atoms with van der Waals surface area (Å²) < 4.78 is 9.84. The van der Waals surface area contributed by atoms with Crippen LogP contribution in [0, 0.1) is 0 Å². The Kier molecular flexibility index (Phi) is 6.85. The fourth-order valence-corrected chi connectivity index (χ4v) is 2.64. The minimum Gasteiger partial charge on any atom is -0.466 e. The van der Waals surface area contributed by atoms with Crippen molar-refractivity contribution in [1.29, 1.82) is 0 Å². The Morgan fingerprint density at radius 2 is 1.69 bits per heavy atom. The highest BCUT2D eigenvalue weighted by Gasteiger charge is 2.37. The van der Waals surface area contributed by atoms with Gasteiger partial charge in [-0.3, -0.25) is 24.1 Å². The fourth-order valence-electron chi connectivity index (χ4n) is 2.64. The van der Waals surface area contributed by atoms with Gasteiger partial charge in [-0.25, -0.2) is 0 Å². The van der Waals surface area contributed by atoms with Crippen LogP contribution in [-0.4, -0.2) is 73.4 Å². The summed E-state index contributed by atoms with van der Waals surface area (Å²) in [7, 11) is 1.50. The molecular formula is C18H22N2O6. The number of methoxy groups -OCH3 is 1. The molecular weight excluding hydrogens is 340 g/mol. The highest BCUT2D eigenvalue weighted by Crippen LogP contribution is 2.22. The standard InChI is InChI=1S/C18H22N2O6/c1-3-26-16(22)8-9-19(10-11-25-2)15(21)12-20-17(23)13-6-4-5-7-14(13)18(20)24/h4-7H,3,8-12H2,1-2H3. The van der Waals surface area contributed by atoms with Crippen molar-refractivity contribution in [3.63, 3.8) is 0 Å². The van der Waals surface area contributed by atoms with E-state index in [9.17, 15) is 19.2 Å². The summed E-state index contributed by atoms with van der Waals surface area (Å²) in [6.45, 7) is 2.24. The summed E-state index contributed by atoms with van der Waals surface area (Å²) in [4.78, 5) is 51.2. The van der Waals surface area contributed by atoms with E-state index in [0.29, 0.717) is 11.1 Å². The summed E-state index contributed by atoms with van der Waals surface area (Å²) in [6, 6.07) is 6.45. The summed E-state index contributed by atoms with van der Waals surface area (Å²) in [5.74, 6) is -1.82. The van der Waals surface area contributed by atoms with Crippen LogP contribution in [0.15, 0.2) is 24.3 Å². The molecule has 0 radical (unpaired) electrons. The molecule has 0 aromatic heterocycles. The average Bonchev–Trinajstić information content (AvgIpc) is 2.87. The molecule has 0 bridgehead atoms. The lowest BCUT2D eigenvalue weighted by Gasteiger charge is -2.24. The second-order valence-corrected chi connectivity index (χ2v) is 5.67. The van der Waals surface area contributed by atoms with Gasteiger partial charge in [-0.05, 0) is 19.1 Å². The molecule has 0 N–H and O–H groups in total. The first kappa shape index (κ1) is 19.6. The monoisotopic (exact) mass is 362 g/mol. The molecule has 1 aromatic rings. The van der Waals surface area contributed by atoms with Crippen LogP contribution in [0.2, 0.25) is 0 Å². The lowest BCUT2D eigenvalue weighted by atomic mass is 10.1. The molecule has 0 aliphatic carbocycles. The van der Waals surface area contributed by atoms with E-state index in [-0.39, 0.29) is 39.3 Å². The molecule has 2 rings (SSSR count). The Bertz CT molecular complexity index is 668. The third-order valence-corrected chi connectivity index (χ3v) is 3.98. The normalized spacial score (nSPS) is 12.9. The molecule has 26 heavy (non-hydrogen) atoms. The van der Waals surface area contributed by atoms with Crippen LogP contribution >= 0.6 is 0 Å². The molecule has 1 heterocycles. The van der Waals surface area contributed by atoms with E-state index in [1.54, 1.807) is 31.2 Å². The molecule has 3 amide bonds. The largest absolute Gasteiger partial charge is 0.466 e. The second kappa shape index (κ2) is 9.10. The Balaban J connectivity index is 2.03. The van der Waals surface area contributed by atoms with Crippen molar-refractivity contribution in [2.75, 3.05) is 40.0 Å². The van der Waals surface area contributed by atoms with Gasteiger partial charge in [0.05, 0.1) is 30.8 Å². The zero-order valence-electron chi connectivity index (χ0n) is 14.9. The van der Waals surface area contributed by atoms with Gasteiger partial charge in [-0.1, -0.05) is 12.1 Å². The second-order valence-electron chi connectivity index (χ2n) is 5.67. The molecule has 1 aliphatic rings. The van der Waals surface area contributed by atoms with Gasteiger partial charge in [0.1, 0.15) is 6.54 Å². The van der Waals surface area contributed by atoms with Crippen LogP contribution in [0.25, 0.3) is 0 Å². The van der Waals surface area contributed by atoms with E-state index in [0.717, 1.165) is 4.90 Å². The molecule has 0 unspecified atom stereocenters. The topological polar surface area (TPSA) is 93.2 Å². The number of hydrogen-bond donors (Lipinski definition) is 0. The molecule has 1 aliphatic heterocycles. The van der Waals surface area contributed by atoms with Gasteiger partial charge in [0, 0.05) is 20.2 Å². The quantitative estimate of drug-likeness (QED) is 0.474. The maximum Gasteiger partial charge on any atom is 0.307 e. The number of esters is 1. The summed E-state index contributed by atoms with van der Waals surface area (Å²) in [5, 5.41) is 0. The predicted molar refractivity (Wildman–Crippen MR) is 91.5 cm³/mol. The van der Waals surface area contributed by atoms with Gasteiger partial charge in [0.2, 0.25) is 5.91 Å². The van der Waals surface area contributed by atoms with Crippen LogP contribution in [-0.2, 0) is 19.1 Å². The number of fused-ring (bicyclic) bond motifs is 1. The summed E-state index contributed by atoms with van der Waals surface area (Å²) in [6.07, 6.45) is 0.0331. The zero-order valence-corrected chi connectivity index (χ0v) is 14.9. The minimum atomic E-state index is -0.490. The number of benzene rings is 1. The first-order chi connectivity index (χ1) is 12.5. The number of nitrogens with zero attached hydrogens (tertiary/aromatic N) is 2. The molecule has 8 heteroatoms. The van der Waals surface area contributed by atoms with Gasteiger partial charge in [-0.2, -0.15) is 0 Å². The number of hydrogen-bond acceptors (Lipinski definition) is 6. The van der Waals surface area contributed by atoms with Crippen LogP contribution in [0.5, 0.6) is 0 Å². The maximum atomic E-state index is 12.6. The van der Waals surface area contributed by atoms with E-state index in [1.807, 2.05) is 0 Å². The van der Waals surface area contributed by atoms with Crippen molar-refractivity contribution in [1.82, 2.24) is 9.80 Å². The van der Waals surface area contributed by atoms with Crippen molar-refractivity contribution in [2.24, 2.45) is 0 Å². The lowest BCUT2D eigenvalue weighted by molar-refractivity contribution is -0.144. The van der Waals surface area contributed by atoms with Crippen LogP contribution in [0.1, 0.15) is 34.1 Å². The number of ether oxygens (including phenoxy) is 2. The highest BCUT2D eigenvalue weighted by atomic mass is 16.5. The van der Waals surface area contributed by atoms with Crippen molar-refractivity contribution in [3.05, 3.63) is 35.4 Å². The average molecular weight is 362 g/mol. The van der Waals surface area contributed by atoms with Crippen LogP contribution < -0.4 is 0 Å². The van der Waals surface area contributed by atoms with Gasteiger partial charge in [-0.15, -0.1) is 0 Å². The van der Waals surface area contributed by atoms with E-state index >= 15 is 0 Å². The van der Waals surface area contributed by atoms with Crippen molar-refractivity contribution in [2.45, 2.75) is 13.3 Å². The summed E-state index contributed by atoms with van der Waals surface area (Å²) >= 11 is 0. The molecule has 0 atom stereocenters. The van der Waals surface area contributed by atoms with Gasteiger partial charge in [0.15, 0.2) is 0 Å². The molecule has 0 saturated heterocycles. The number of rotatable bonds is 9. The number of carbonyl (C=O) groups is 4. The third-order valence-electron chi connectivity index (χ3n) is 3.98. The summed E-state index contributed by atoms with van der Waals surface area (Å²) in [5.41, 5.74) is 0.584. The first-order valence-corrected chi connectivity index (χ1v) is 8.37. The number of carbonyl (C=O) groups excluding carboxylic acids is 4. The van der Waals surface area contributed by atoms with Crippen molar-refractivity contribution in [3.8, 4) is 0 Å². The lowest BCUT2D eigenvalue weighted by Crippen LogP contribution is -2.44. The fraction of sp³-hybridized carbons (Fsp3) is 0.444. The van der Waals surface area contributed by atoms with Crippen molar-refractivity contribution >= 4 is 23.7 Å². The van der Waals surface area contributed by atoms with E-state index in [1.165, 1.54) is 12.0 Å². The highest BCUT2D eigenvalue weighted by molar-refractivity contribution is 6.22. The predicted octanol–water partition coefficient (Wildman–Crippen LogP) is 0.711. The molecule has 140 valence electrons. The first-order valence-electron chi connectivity index (χ1n) is 8.37. The molecule has 0 fully saturated rings. The number of amides is 3. The van der Waals surface area contributed by atoms with Gasteiger partial charge >= 0.3 is 5.97 Å². The van der Waals surface area contributed by atoms with Crippen LogP contribution in [0.3, 0.4) is 0 Å². The SMILES string of the molecule is CCOC(=O)CCN(CCOC)C(=O)CN1C(=O)c2ccccc2C1=O. The number of imide groups is 1. The Hall–Kier alpha value is -2.74. The van der Waals surface area contributed by atoms with Crippen molar-refractivity contribution < 1.29 is 28.7 Å². The molecule has 1 aromatic carbocycles. The van der Waals surface area contributed by atoms with E-state index in [4.69, 9.17) is 9.47 Å². The molecule has 0 saturated carbocycles. The van der Waals surface area contributed by atoms with E-state index in [2.05, 4.69) is 0 Å². The molecule has 8 nitrogen and oxygen atoms in total. The zero-order chi connectivity index (χ0) is 19.1.